The van der Waals surface area contributed by atoms with E-state index in [-0.39, 0.29) is 22.6 Å². The summed E-state index contributed by atoms with van der Waals surface area (Å²) in [7, 11) is -0.637. The molecule has 0 aliphatic rings. The van der Waals surface area contributed by atoms with Gasteiger partial charge in [-0.1, -0.05) is 54.6 Å². The zero-order valence-electron chi connectivity index (χ0n) is 18.5. The molecule has 34 heavy (non-hydrogen) atoms. The van der Waals surface area contributed by atoms with Gasteiger partial charge in [0, 0.05) is 31.3 Å². The number of ether oxygens (including phenoxy) is 1. The van der Waals surface area contributed by atoms with Gasteiger partial charge < -0.3 is 9.64 Å². The van der Waals surface area contributed by atoms with Gasteiger partial charge in [0.1, 0.15) is 5.75 Å². The number of benzene rings is 3. The van der Waals surface area contributed by atoms with E-state index in [9.17, 15) is 13.2 Å². The normalized spacial score (nSPS) is 11.0. The van der Waals surface area contributed by atoms with Crippen molar-refractivity contribution in [3.63, 3.8) is 0 Å². The maximum atomic E-state index is 12.9. The molecule has 1 aromatic heterocycles. The third-order valence-electron chi connectivity index (χ3n) is 4.79. The number of anilines is 1. The van der Waals surface area contributed by atoms with Crippen molar-refractivity contribution in [2.75, 3.05) is 18.8 Å². The van der Waals surface area contributed by atoms with Crippen LogP contribution in [0.3, 0.4) is 0 Å². The first-order valence-electron chi connectivity index (χ1n) is 10.3. The second-order valence-corrected chi connectivity index (χ2v) is 9.18. The Kier molecular flexibility index (Phi) is 6.55. The van der Waals surface area contributed by atoms with E-state index in [1.165, 1.54) is 17.0 Å². The Morgan fingerprint density at radius 2 is 1.47 bits per heavy atom. The highest BCUT2D eigenvalue weighted by Gasteiger charge is 2.20. The van der Waals surface area contributed by atoms with Crippen molar-refractivity contribution in [3.05, 3.63) is 96.6 Å². The van der Waals surface area contributed by atoms with Crippen molar-refractivity contribution < 1.29 is 17.9 Å². The number of nitrogens with one attached hydrogen (secondary N) is 1. The summed E-state index contributed by atoms with van der Waals surface area (Å²) in [5.74, 6) is 0.237. The van der Waals surface area contributed by atoms with Gasteiger partial charge in [-0.3, -0.25) is 4.79 Å². The predicted octanol–water partition coefficient (Wildman–Crippen LogP) is 4.44. The van der Waals surface area contributed by atoms with Crippen LogP contribution >= 0.6 is 0 Å². The first-order valence-corrected chi connectivity index (χ1v) is 11.8. The van der Waals surface area contributed by atoms with Gasteiger partial charge in [0.05, 0.1) is 10.6 Å². The van der Waals surface area contributed by atoms with Gasteiger partial charge in [-0.15, -0.1) is 0 Å². The molecule has 1 N–H and O–H groups in total. The van der Waals surface area contributed by atoms with Crippen LogP contribution in [0.15, 0.2) is 95.9 Å². The van der Waals surface area contributed by atoms with Crippen molar-refractivity contribution in [2.45, 2.75) is 4.90 Å². The van der Waals surface area contributed by atoms with Gasteiger partial charge in [-0.05, 0) is 30.3 Å². The quantitative estimate of drug-likeness (QED) is 0.425. The van der Waals surface area contributed by atoms with Crippen molar-refractivity contribution in [3.8, 4) is 22.9 Å². The van der Waals surface area contributed by atoms with Crippen LogP contribution in [0, 0.1) is 0 Å². The SMILES string of the molecule is CN(C)C(=O)c1ccccc1-c1cc(Oc2ccccc2)nc(NS(=O)(=O)c2ccccc2)n1. The fourth-order valence-corrected chi connectivity index (χ4v) is 4.15. The summed E-state index contributed by atoms with van der Waals surface area (Å²) >= 11 is 0. The Bertz CT molecular complexity index is 1410. The molecule has 4 aromatic rings. The van der Waals surface area contributed by atoms with E-state index < -0.39 is 10.0 Å². The zero-order valence-corrected chi connectivity index (χ0v) is 19.4. The molecule has 0 atom stereocenters. The smallest absolute Gasteiger partial charge is 0.264 e. The third kappa shape index (κ3) is 5.21. The molecule has 3 aromatic carbocycles. The van der Waals surface area contributed by atoms with Crippen molar-refractivity contribution >= 4 is 21.9 Å². The Balaban J connectivity index is 1.81. The lowest BCUT2D eigenvalue weighted by atomic mass is 10.0. The summed E-state index contributed by atoms with van der Waals surface area (Å²) < 4.78 is 34.1. The monoisotopic (exact) mass is 474 g/mol. The van der Waals surface area contributed by atoms with Gasteiger partial charge in [-0.2, -0.15) is 4.98 Å². The number of carbonyl (C=O) groups excluding carboxylic acids is 1. The standard InChI is InChI=1S/C25H22N4O4S/c1-29(2)24(30)21-16-10-9-15-20(21)22-17-23(33-18-11-5-3-6-12-18)27-25(26-22)28-34(31,32)19-13-7-4-8-14-19/h3-17H,1-2H3,(H,26,27,28). The van der Waals surface area contributed by atoms with E-state index in [2.05, 4.69) is 14.7 Å². The van der Waals surface area contributed by atoms with Crippen LogP contribution in [0.5, 0.6) is 11.6 Å². The predicted molar refractivity (Wildman–Crippen MR) is 129 cm³/mol. The largest absolute Gasteiger partial charge is 0.439 e. The Morgan fingerprint density at radius 1 is 0.853 bits per heavy atom. The van der Waals surface area contributed by atoms with Crippen LogP contribution in [0.4, 0.5) is 5.95 Å². The molecule has 0 aliphatic carbocycles. The first-order chi connectivity index (χ1) is 16.3. The number of carbonyl (C=O) groups is 1. The summed E-state index contributed by atoms with van der Waals surface area (Å²) in [6.07, 6.45) is 0. The zero-order chi connectivity index (χ0) is 24.1. The lowest BCUT2D eigenvalue weighted by Gasteiger charge is -2.15. The average molecular weight is 475 g/mol. The molecule has 0 aliphatic heterocycles. The van der Waals surface area contributed by atoms with Gasteiger partial charge in [0.2, 0.25) is 11.8 Å². The Labute approximate surface area is 197 Å². The lowest BCUT2D eigenvalue weighted by Crippen LogP contribution is -2.22. The van der Waals surface area contributed by atoms with E-state index >= 15 is 0 Å². The molecule has 0 spiro atoms. The van der Waals surface area contributed by atoms with Crippen molar-refractivity contribution in [1.82, 2.24) is 14.9 Å². The van der Waals surface area contributed by atoms with E-state index in [0.717, 1.165) is 0 Å². The molecule has 1 amide bonds. The molecule has 0 bridgehead atoms. The summed E-state index contributed by atoms with van der Waals surface area (Å²) in [4.78, 5) is 22.9. The summed E-state index contributed by atoms with van der Waals surface area (Å²) in [6, 6.07) is 25.4. The van der Waals surface area contributed by atoms with Gasteiger partial charge in [0.25, 0.3) is 15.9 Å². The average Bonchev–Trinajstić information content (AvgIpc) is 2.84. The molecule has 0 saturated heterocycles. The molecular formula is C25H22N4O4S. The van der Waals surface area contributed by atoms with Gasteiger partial charge in [-0.25, -0.2) is 18.1 Å². The van der Waals surface area contributed by atoms with E-state index in [1.807, 2.05) is 18.2 Å². The van der Waals surface area contributed by atoms with Gasteiger partial charge >= 0.3 is 0 Å². The van der Waals surface area contributed by atoms with Crippen LogP contribution in [-0.2, 0) is 10.0 Å². The number of nitrogens with zero attached hydrogens (tertiary/aromatic N) is 3. The Hall–Kier alpha value is -4.24. The van der Waals surface area contributed by atoms with Crippen LogP contribution in [0.25, 0.3) is 11.3 Å². The number of hydrogen-bond donors (Lipinski definition) is 1. The molecule has 1 heterocycles. The molecule has 0 saturated carbocycles. The highest BCUT2D eigenvalue weighted by molar-refractivity contribution is 7.92. The summed E-state index contributed by atoms with van der Waals surface area (Å²) in [5, 5.41) is 0. The first kappa shape index (κ1) is 22.9. The van der Waals surface area contributed by atoms with Crippen LogP contribution in [0.1, 0.15) is 10.4 Å². The minimum absolute atomic E-state index is 0.0673. The van der Waals surface area contributed by atoms with Crippen molar-refractivity contribution in [2.24, 2.45) is 0 Å². The molecule has 0 radical (unpaired) electrons. The maximum Gasteiger partial charge on any atom is 0.264 e. The lowest BCUT2D eigenvalue weighted by molar-refractivity contribution is 0.0828. The van der Waals surface area contributed by atoms with E-state index in [4.69, 9.17) is 4.74 Å². The van der Waals surface area contributed by atoms with E-state index in [0.29, 0.717) is 22.6 Å². The fourth-order valence-electron chi connectivity index (χ4n) is 3.18. The minimum atomic E-state index is -3.95. The number of para-hydroxylation sites is 1. The molecule has 0 unspecified atom stereocenters. The number of aromatic nitrogens is 2. The van der Waals surface area contributed by atoms with Gasteiger partial charge in [0.15, 0.2) is 0 Å². The topological polar surface area (TPSA) is 101 Å². The molecule has 8 nitrogen and oxygen atoms in total. The molecule has 0 fully saturated rings. The van der Waals surface area contributed by atoms with Crippen molar-refractivity contribution in [1.29, 1.82) is 0 Å². The number of rotatable bonds is 7. The third-order valence-corrected chi connectivity index (χ3v) is 6.13. The molecule has 4 rings (SSSR count). The second-order valence-electron chi connectivity index (χ2n) is 7.49. The van der Waals surface area contributed by atoms with Crippen LogP contribution in [-0.4, -0.2) is 43.3 Å². The van der Waals surface area contributed by atoms with Crippen LogP contribution < -0.4 is 9.46 Å². The minimum Gasteiger partial charge on any atom is -0.439 e. The fraction of sp³-hybridized carbons (Fsp3) is 0.0800. The van der Waals surface area contributed by atoms with Crippen LogP contribution in [0.2, 0.25) is 0 Å². The summed E-state index contributed by atoms with van der Waals surface area (Å²) in [6.45, 7) is 0. The molecular weight excluding hydrogens is 452 g/mol. The highest BCUT2D eigenvalue weighted by Crippen LogP contribution is 2.29. The summed E-state index contributed by atoms with van der Waals surface area (Å²) in [5.41, 5.74) is 1.26. The Morgan fingerprint density at radius 3 is 2.15 bits per heavy atom. The number of hydrogen-bond acceptors (Lipinski definition) is 6. The molecule has 172 valence electrons. The number of sulfonamides is 1. The maximum absolute atomic E-state index is 12.9. The second kappa shape index (κ2) is 9.72. The highest BCUT2D eigenvalue weighted by atomic mass is 32.2. The van der Waals surface area contributed by atoms with E-state index in [1.54, 1.807) is 74.8 Å². The number of amides is 1. The molecule has 9 heteroatoms.